The Kier molecular flexibility index (Phi) is 7.61. The lowest BCUT2D eigenvalue weighted by molar-refractivity contribution is -0.111. The van der Waals surface area contributed by atoms with Crippen LogP contribution in [0.15, 0.2) is 53.0 Å². The maximum Gasteiger partial charge on any atom is 0.338 e. The van der Waals surface area contributed by atoms with E-state index in [4.69, 9.17) is 9.47 Å². The van der Waals surface area contributed by atoms with Crippen LogP contribution in [0.2, 0.25) is 0 Å². The summed E-state index contributed by atoms with van der Waals surface area (Å²) in [6.07, 6.45) is 3.15. The molecule has 27 heavy (non-hydrogen) atoms. The fourth-order valence-electron chi connectivity index (χ4n) is 2.16. The van der Waals surface area contributed by atoms with Crippen molar-refractivity contribution in [2.75, 3.05) is 19.0 Å². The molecule has 0 aliphatic rings. The number of carbonyl (C=O) groups excluding carboxylic acids is 2. The zero-order valence-electron chi connectivity index (χ0n) is 15.5. The van der Waals surface area contributed by atoms with Crippen LogP contribution >= 0.6 is 15.9 Å². The molecule has 1 N–H and O–H groups in total. The average molecular weight is 432 g/mol. The Hall–Kier alpha value is -2.60. The molecule has 0 atom stereocenters. The van der Waals surface area contributed by atoms with Gasteiger partial charge in [-0.2, -0.15) is 0 Å². The number of hydrogen-bond donors (Lipinski definition) is 1. The van der Waals surface area contributed by atoms with Gasteiger partial charge in [-0.1, -0.05) is 19.9 Å². The third-order valence-corrected chi connectivity index (χ3v) is 4.16. The highest BCUT2D eigenvalue weighted by atomic mass is 79.9. The van der Waals surface area contributed by atoms with Crippen LogP contribution < -0.4 is 10.1 Å². The molecule has 2 aromatic rings. The SMILES string of the molecule is COc1ccc(/C=C/C(=O)Nc2ccc(C(=O)OCC(C)C)cc2)cc1Br. The van der Waals surface area contributed by atoms with E-state index in [9.17, 15) is 9.59 Å². The summed E-state index contributed by atoms with van der Waals surface area (Å²) < 4.78 is 11.2. The van der Waals surface area contributed by atoms with Gasteiger partial charge >= 0.3 is 5.97 Å². The van der Waals surface area contributed by atoms with Gasteiger partial charge in [0.2, 0.25) is 5.91 Å². The van der Waals surface area contributed by atoms with E-state index in [-0.39, 0.29) is 17.8 Å². The molecule has 0 aromatic heterocycles. The Morgan fingerprint density at radius 1 is 1.15 bits per heavy atom. The number of esters is 1. The van der Waals surface area contributed by atoms with E-state index in [0.717, 1.165) is 15.8 Å². The second kappa shape index (κ2) is 9.92. The highest BCUT2D eigenvalue weighted by Gasteiger charge is 2.08. The first-order chi connectivity index (χ1) is 12.9. The van der Waals surface area contributed by atoms with Crippen molar-refractivity contribution in [2.45, 2.75) is 13.8 Å². The van der Waals surface area contributed by atoms with E-state index in [1.54, 1.807) is 37.5 Å². The molecule has 0 saturated heterocycles. The van der Waals surface area contributed by atoms with Gasteiger partial charge in [0.15, 0.2) is 0 Å². The summed E-state index contributed by atoms with van der Waals surface area (Å²) in [5, 5.41) is 2.75. The van der Waals surface area contributed by atoms with Gasteiger partial charge in [0.1, 0.15) is 5.75 Å². The minimum absolute atomic E-state index is 0.267. The molecule has 2 rings (SSSR count). The quantitative estimate of drug-likeness (QED) is 0.498. The Bertz CT molecular complexity index is 829. The van der Waals surface area contributed by atoms with Gasteiger partial charge in [-0.15, -0.1) is 0 Å². The van der Waals surface area contributed by atoms with Crippen molar-refractivity contribution in [3.05, 3.63) is 64.1 Å². The second-order valence-electron chi connectivity index (χ2n) is 6.29. The minimum atomic E-state index is -0.369. The zero-order valence-corrected chi connectivity index (χ0v) is 17.1. The molecule has 142 valence electrons. The maximum atomic E-state index is 12.1. The fraction of sp³-hybridized carbons (Fsp3) is 0.238. The van der Waals surface area contributed by atoms with E-state index in [1.165, 1.54) is 6.08 Å². The van der Waals surface area contributed by atoms with Gasteiger partial charge in [0.25, 0.3) is 0 Å². The van der Waals surface area contributed by atoms with E-state index < -0.39 is 0 Å². The number of anilines is 1. The summed E-state index contributed by atoms with van der Waals surface area (Å²) in [6, 6.07) is 12.1. The summed E-state index contributed by atoms with van der Waals surface area (Å²) in [5.74, 6) is 0.373. The lowest BCUT2D eigenvalue weighted by atomic mass is 10.2. The normalized spacial score (nSPS) is 10.9. The number of hydrogen-bond acceptors (Lipinski definition) is 4. The molecule has 0 fully saturated rings. The molecule has 6 heteroatoms. The first-order valence-electron chi connectivity index (χ1n) is 8.49. The van der Waals surface area contributed by atoms with Crippen molar-refractivity contribution in [2.24, 2.45) is 5.92 Å². The molecule has 0 bridgehead atoms. The number of benzene rings is 2. The van der Waals surface area contributed by atoms with Crippen LogP contribution in [0.4, 0.5) is 5.69 Å². The van der Waals surface area contributed by atoms with Crippen molar-refractivity contribution in [3.63, 3.8) is 0 Å². The highest BCUT2D eigenvalue weighted by molar-refractivity contribution is 9.10. The Morgan fingerprint density at radius 3 is 2.44 bits per heavy atom. The third kappa shape index (κ3) is 6.57. The molecule has 0 spiro atoms. The van der Waals surface area contributed by atoms with Crippen LogP contribution in [0.5, 0.6) is 5.75 Å². The summed E-state index contributed by atoms with van der Waals surface area (Å²) >= 11 is 3.41. The standard InChI is InChI=1S/C21H22BrNO4/c1-14(2)13-27-21(25)16-6-8-17(9-7-16)23-20(24)11-5-15-4-10-19(26-3)18(22)12-15/h4-12,14H,13H2,1-3H3,(H,23,24)/b11-5+. The van der Waals surface area contributed by atoms with Crippen LogP contribution in [0.25, 0.3) is 6.08 Å². The first kappa shape index (κ1) is 20.7. The van der Waals surface area contributed by atoms with E-state index in [2.05, 4.69) is 21.2 Å². The van der Waals surface area contributed by atoms with Crippen LogP contribution in [-0.2, 0) is 9.53 Å². The molecular weight excluding hydrogens is 410 g/mol. The van der Waals surface area contributed by atoms with E-state index in [1.807, 2.05) is 32.0 Å². The number of methoxy groups -OCH3 is 1. The van der Waals surface area contributed by atoms with E-state index in [0.29, 0.717) is 17.9 Å². The summed E-state index contributed by atoms with van der Waals surface area (Å²) in [4.78, 5) is 23.9. The van der Waals surface area contributed by atoms with Crippen LogP contribution in [0.3, 0.4) is 0 Å². The van der Waals surface area contributed by atoms with Gasteiger partial charge in [0.05, 0.1) is 23.8 Å². The van der Waals surface area contributed by atoms with Crippen molar-refractivity contribution in [3.8, 4) is 5.75 Å². The number of ether oxygens (including phenoxy) is 2. The monoisotopic (exact) mass is 431 g/mol. The molecule has 1 amide bonds. The molecule has 0 radical (unpaired) electrons. The largest absolute Gasteiger partial charge is 0.496 e. The maximum absolute atomic E-state index is 12.1. The Balaban J connectivity index is 1.93. The molecule has 5 nitrogen and oxygen atoms in total. The molecular formula is C21H22BrNO4. The second-order valence-corrected chi connectivity index (χ2v) is 7.14. The number of amides is 1. The van der Waals surface area contributed by atoms with Crippen LogP contribution in [0.1, 0.15) is 29.8 Å². The van der Waals surface area contributed by atoms with Gasteiger partial charge in [-0.05, 0) is 69.9 Å². The van der Waals surface area contributed by atoms with Gasteiger partial charge < -0.3 is 14.8 Å². The number of carbonyl (C=O) groups is 2. The predicted molar refractivity (Wildman–Crippen MR) is 110 cm³/mol. The first-order valence-corrected chi connectivity index (χ1v) is 9.28. The molecule has 2 aromatic carbocycles. The Labute approximate surface area is 167 Å². The minimum Gasteiger partial charge on any atom is -0.496 e. The smallest absolute Gasteiger partial charge is 0.338 e. The molecule has 0 unspecified atom stereocenters. The van der Waals surface area contributed by atoms with Gasteiger partial charge in [0, 0.05) is 11.8 Å². The summed E-state index contributed by atoms with van der Waals surface area (Å²) in [7, 11) is 1.60. The lowest BCUT2D eigenvalue weighted by Crippen LogP contribution is -2.11. The molecule has 0 aliphatic carbocycles. The number of halogens is 1. The van der Waals surface area contributed by atoms with E-state index >= 15 is 0 Å². The van der Waals surface area contributed by atoms with Crippen molar-refractivity contribution >= 4 is 39.6 Å². The lowest BCUT2D eigenvalue weighted by Gasteiger charge is -2.08. The van der Waals surface area contributed by atoms with Gasteiger partial charge in [-0.3, -0.25) is 4.79 Å². The van der Waals surface area contributed by atoms with Crippen molar-refractivity contribution < 1.29 is 19.1 Å². The number of rotatable bonds is 7. The Morgan fingerprint density at radius 2 is 1.85 bits per heavy atom. The third-order valence-electron chi connectivity index (χ3n) is 3.54. The summed E-state index contributed by atoms with van der Waals surface area (Å²) in [5.41, 5.74) is 1.91. The topological polar surface area (TPSA) is 64.6 Å². The molecule has 0 aliphatic heterocycles. The van der Waals surface area contributed by atoms with Gasteiger partial charge in [-0.25, -0.2) is 4.79 Å². The van der Waals surface area contributed by atoms with Crippen LogP contribution in [-0.4, -0.2) is 25.6 Å². The average Bonchev–Trinajstić information content (AvgIpc) is 2.65. The summed E-state index contributed by atoms with van der Waals surface area (Å²) in [6.45, 7) is 4.33. The molecule has 0 heterocycles. The zero-order chi connectivity index (χ0) is 19.8. The van der Waals surface area contributed by atoms with Crippen molar-refractivity contribution in [1.82, 2.24) is 0 Å². The molecule has 0 saturated carbocycles. The van der Waals surface area contributed by atoms with Crippen LogP contribution in [0, 0.1) is 5.92 Å². The fourth-order valence-corrected chi connectivity index (χ4v) is 2.72. The highest BCUT2D eigenvalue weighted by Crippen LogP contribution is 2.26. The van der Waals surface area contributed by atoms with Crippen molar-refractivity contribution in [1.29, 1.82) is 0 Å². The number of nitrogens with one attached hydrogen (secondary N) is 1. The predicted octanol–water partition coefficient (Wildman–Crippen LogP) is 4.92.